The highest BCUT2D eigenvalue weighted by atomic mass is 32.1. The fourth-order valence-corrected chi connectivity index (χ4v) is 2.85. The molecule has 0 aliphatic rings. The number of aryl methyl sites for hydroxylation is 1. The molecule has 0 saturated heterocycles. The highest BCUT2D eigenvalue weighted by molar-refractivity contribution is 7.71. The first-order valence-corrected chi connectivity index (χ1v) is 8.54. The normalized spacial score (nSPS) is 13.1. The van der Waals surface area contributed by atoms with Crippen molar-refractivity contribution in [3.63, 3.8) is 0 Å². The molecular weight excluding hydrogens is 413 g/mol. The highest BCUT2D eigenvalue weighted by Gasteiger charge is 2.75. The van der Waals surface area contributed by atoms with E-state index in [4.69, 9.17) is 12.2 Å². The molecule has 0 amide bonds. The lowest BCUT2D eigenvalue weighted by Gasteiger charge is -2.27. The van der Waals surface area contributed by atoms with Gasteiger partial charge < -0.3 is 4.90 Å². The molecule has 0 spiro atoms. The molecule has 1 aromatic heterocycles. The molecule has 0 aliphatic carbocycles. The summed E-state index contributed by atoms with van der Waals surface area (Å²) in [5, 5.41) is 3.16. The van der Waals surface area contributed by atoms with Crippen molar-refractivity contribution in [3.05, 3.63) is 34.9 Å². The Morgan fingerprint density at radius 3 is 1.89 bits per heavy atom. The first kappa shape index (κ1) is 22.2. The molecule has 1 aromatic carbocycles. The van der Waals surface area contributed by atoms with Gasteiger partial charge in [0.05, 0.1) is 5.69 Å². The van der Waals surface area contributed by atoms with Gasteiger partial charge in [-0.2, -0.15) is 30.7 Å². The molecular formula is C16H17F7N4S. The minimum atomic E-state index is -6.47. The molecule has 156 valence electrons. The summed E-state index contributed by atoms with van der Waals surface area (Å²) < 4.78 is 93.9. The first-order valence-electron chi connectivity index (χ1n) is 8.13. The van der Waals surface area contributed by atoms with E-state index in [9.17, 15) is 30.7 Å². The molecule has 2 rings (SSSR count). The van der Waals surface area contributed by atoms with Gasteiger partial charge in [0.15, 0.2) is 0 Å². The van der Waals surface area contributed by atoms with Crippen molar-refractivity contribution in [2.45, 2.75) is 31.9 Å². The van der Waals surface area contributed by atoms with Crippen LogP contribution in [-0.4, -0.2) is 39.5 Å². The van der Waals surface area contributed by atoms with Gasteiger partial charge in [0.25, 0.3) is 0 Å². The Morgan fingerprint density at radius 2 is 1.46 bits per heavy atom. The number of alkyl halides is 7. The fraction of sp³-hybridized carbons (Fsp3) is 0.500. The number of rotatable bonds is 6. The Labute approximate surface area is 161 Å². The van der Waals surface area contributed by atoms with Gasteiger partial charge in [-0.1, -0.05) is 0 Å². The van der Waals surface area contributed by atoms with E-state index in [1.165, 1.54) is 24.3 Å². The summed E-state index contributed by atoms with van der Waals surface area (Å²) in [6.45, 7) is 5.10. The second-order valence-electron chi connectivity index (χ2n) is 5.90. The predicted octanol–water partition coefficient (Wildman–Crippen LogP) is 5.08. The van der Waals surface area contributed by atoms with E-state index in [0.717, 1.165) is 12.7 Å². The van der Waals surface area contributed by atoms with Crippen molar-refractivity contribution in [1.29, 1.82) is 0 Å². The SMILES string of the molecule is CCN(CC)c1ccc(-n2c(C(F)(F)C(F)(F)C(F)(F)F)nn(C)c2=S)cc1. The topological polar surface area (TPSA) is 26.0 Å². The second kappa shape index (κ2) is 7.37. The third kappa shape index (κ3) is 3.49. The minimum Gasteiger partial charge on any atom is -0.372 e. The molecule has 0 radical (unpaired) electrons. The Hall–Kier alpha value is -2.11. The van der Waals surface area contributed by atoms with E-state index >= 15 is 0 Å². The fourth-order valence-electron chi connectivity index (χ4n) is 2.62. The van der Waals surface area contributed by atoms with Gasteiger partial charge >= 0.3 is 18.0 Å². The zero-order valence-corrected chi connectivity index (χ0v) is 15.9. The molecule has 0 fully saturated rings. The van der Waals surface area contributed by atoms with E-state index in [-0.39, 0.29) is 5.69 Å². The Balaban J connectivity index is 2.64. The summed E-state index contributed by atoms with van der Waals surface area (Å²) in [7, 11) is 1.08. The summed E-state index contributed by atoms with van der Waals surface area (Å²) in [5.41, 5.74) is 0.611. The maximum absolute atomic E-state index is 14.3. The smallest absolute Gasteiger partial charge is 0.372 e. The summed E-state index contributed by atoms with van der Waals surface area (Å²) in [6, 6.07) is 5.66. The van der Waals surface area contributed by atoms with E-state index in [0.29, 0.717) is 22.3 Å². The summed E-state index contributed by atoms with van der Waals surface area (Å²) in [5.74, 6) is -13.8. The zero-order chi connectivity index (χ0) is 21.5. The van der Waals surface area contributed by atoms with E-state index < -0.39 is 28.6 Å². The maximum atomic E-state index is 14.3. The lowest BCUT2D eigenvalue weighted by molar-refractivity contribution is -0.361. The first-order chi connectivity index (χ1) is 12.8. The molecule has 0 N–H and O–H groups in total. The predicted molar refractivity (Wildman–Crippen MR) is 91.8 cm³/mol. The monoisotopic (exact) mass is 430 g/mol. The average molecular weight is 430 g/mol. The number of halogens is 7. The van der Waals surface area contributed by atoms with Crippen LogP contribution < -0.4 is 4.90 Å². The molecule has 0 aliphatic heterocycles. The number of hydrogen-bond acceptors (Lipinski definition) is 3. The summed E-state index contributed by atoms with van der Waals surface area (Å²) >= 11 is 4.90. The number of benzene rings is 1. The standard InChI is InChI=1S/C16H17F7N4S/c1-4-26(5-2)10-6-8-11(9-7-10)27-12(24-25(3)13(27)28)14(17,18)15(19,20)16(21,22)23/h6-9H,4-5H2,1-3H3. The lowest BCUT2D eigenvalue weighted by atomic mass is 10.1. The van der Waals surface area contributed by atoms with Crippen LogP contribution in [0.5, 0.6) is 0 Å². The Bertz CT molecular complexity index is 880. The maximum Gasteiger partial charge on any atom is 0.460 e. The van der Waals surface area contributed by atoms with Crippen LogP contribution in [0.3, 0.4) is 0 Å². The quantitative estimate of drug-likeness (QED) is 0.473. The van der Waals surface area contributed by atoms with Crippen LogP contribution >= 0.6 is 12.2 Å². The highest BCUT2D eigenvalue weighted by Crippen LogP contribution is 2.51. The van der Waals surface area contributed by atoms with Gasteiger partial charge in [-0.3, -0.25) is 4.57 Å². The average Bonchev–Trinajstić information content (AvgIpc) is 2.91. The lowest BCUT2D eigenvalue weighted by Crippen LogP contribution is -2.51. The van der Waals surface area contributed by atoms with E-state index in [1.807, 2.05) is 18.7 Å². The molecule has 4 nitrogen and oxygen atoms in total. The molecule has 1 heterocycles. The van der Waals surface area contributed by atoms with Crippen LogP contribution in [0.4, 0.5) is 36.4 Å². The molecule has 0 bridgehead atoms. The molecule has 28 heavy (non-hydrogen) atoms. The minimum absolute atomic E-state index is 0.110. The van der Waals surface area contributed by atoms with Crippen LogP contribution in [-0.2, 0) is 13.0 Å². The van der Waals surface area contributed by atoms with Gasteiger partial charge in [-0.15, -0.1) is 5.10 Å². The second-order valence-corrected chi connectivity index (χ2v) is 6.27. The third-order valence-corrected chi connectivity index (χ3v) is 4.64. The van der Waals surface area contributed by atoms with Gasteiger partial charge in [0, 0.05) is 25.8 Å². The van der Waals surface area contributed by atoms with Crippen molar-refractivity contribution < 1.29 is 30.7 Å². The van der Waals surface area contributed by atoms with E-state index in [2.05, 4.69) is 5.10 Å². The number of anilines is 1. The van der Waals surface area contributed by atoms with Crippen molar-refractivity contribution in [2.24, 2.45) is 7.05 Å². The third-order valence-electron chi connectivity index (χ3n) is 4.19. The molecule has 0 unspecified atom stereocenters. The van der Waals surface area contributed by atoms with Crippen molar-refractivity contribution in [3.8, 4) is 5.69 Å². The van der Waals surface area contributed by atoms with Crippen LogP contribution in [0, 0.1) is 4.77 Å². The van der Waals surface area contributed by atoms with Gasteiger partial charge in [-0.05, 0) is 50.3 Å². The number of hydrogen-bond donors (Lipinski definition) is 0. The summed E-state index contributed by atoms with van der Waals surface area (Å²) in [6.07, 6.45) is -6.47. The number of aromatic nitrogens is 3. The van der Waals surface area contributed by atoms with E-state index in [1.54, 1.807) is 0 Å². The van der Waals surface area contributed by atoms with Crippen LogP contribution in [0.1, 0.15) is 19.7 Å². The van der Waals surface area contributed by atoms with Gasteiger partial charge in [0.2, 0.25) is 10.6 Å². The largest absolute Gasteiger partial charge is 0.460 e. The van der Waals surface area contributed by atoms with Crippen LogP contribution in [0.2, 0.25) is 0 Å². The van der Waals surface area contributed by atoms with Crippen molar-refractivity contribution >= 4 is 17.9 Å². The van der Waals surface area contributed by atoms with Crippen molar-refractivity contribution in [1.82, 2.24) is 14.3 Å². The Morgan fingerprint density at radius 1 is 0.964 bits per heavy atom. The van der Waals surface area contributed by atoms with Gasteiger partial charge in [-0.25, -0.2) is 4.68 Å². The van der Waals surface area contributed by atoms with Crippen LogP contribution in [0.15, 0.2) is 24.3 Å². The molecule has 12 heteroatoms. The Kier molecular flexibility index (Phi) is 5.84. The molecule has 0 saturated carbocycles. The zero-order valence-electron chi connectivity index (χ0n) is 15.1. The summed E-state index contributed by atoms with van der Waals surface area (Å²) in [4.78, 5) is 1.93. The molecule has 2 aromatic rings. The number of nitrogens with zero attached hydrogens (tertiary/aromatic N) is 4. The van der Waals surface area contributed by atoms with Crippen molar-refractivity contribution in [2.75, 3.05) is 18.0 Å². The molecule has 0 atom stereocenters. The van der Waals surface area contributed by atoms with Gasteiger partial charge in [0.1, 0.15) is 0 Å². The van der Waals surface area contributed by atoms with Crippen LogP contribution in [0.25, 0.3) is 5.69 Å².